The van der Waals surface area contributed by atoms with E-state index in [9.17, 15) is 0 Å². The second-order valence-electron chi connectivity index (χ2n) is 5.22. The molecule has 0 aliphatic heterocycles. The number of benzene rings is 1. The molecule has 1 saturated carbocycles. The van der Waals surface area contributed by atoms with Crippen molar-refractivity contribution in [1.82, 2.24) is 5.32 Å². The van der Waals surface area contributed by atoms with E-state index in [1.807, 2.05) is 12.1 Å². The summed E-state index contributed by atoms with van der Waals surface area (Å²) in [5.74, 6) is 0.946. The van der Waals surface area contributed by atoms with Gasteiger partial charge in [0.25, 0.3) is 0 Å². The SMILES string of the molecule is CNC1CCC(N(C)c2cc(Br)ccc2OC)CC1. The minimum absolute atomic E-state index is 0.604. The van der Waals surface area contributed by atoms with Crippen molar-refractivity contribution >= 4 is 21.6 Å². The molecule has 0 bridgehead atoms. The number of halogens is 1. The summed E-state index contributed by atoms with van der Waals surface area (Å²) in [6.45, 7) is 0. The van der Waals surface area contributed by atoms with Gasteiger partial charge in [0.15, 0.2) is 0 Å². The van der Waals surface area contributed by atoms with Crippen molar-refractivity contribution in [2.75, 3.05) is 26.1 Å². The van der Waals surface area contributed by atoms with Crippen LogP contribution >= 0.6 is 15.9 Å². The predicted molar refractivity (Wildman–Crippen MR) is 84.2 cm³/mol. The number of nitrogens with zero attached hydrogens (tertiary/aromatic N) is 1. The Morgan fingerprint density at radius 2 is 1.95 bits per heavy atom. The van der Waals surface area contributed by atoms with Crippen LogP contribution in [-0.4, -0.2) is 33.3 Å². The number of hydrogen-bond acceptors (Lipinski definition) is 3. The molecule has 0 amide bonds. The lowest BCUT2D eigenvalue weighted by atomic mass is 9.90. The average Bonchev–Trinajstić information content (AvgIpc) is 2.46. The van der Waals surface area contributed by atoms with Crippen LogP contribution in [0, 0.1) is 0 Å². The van der Waals surface area contributed by atoms with E-state index in [0.717, 1.165) is 10.2 Å². The van der Waals surface area contributed by atoms with Crippen LogP contribution in [-0.2, 0) is 0 Å². The molecular formula is C15H23BrN2O. The molecule has 1 aromatic carbocycles. The van der Waals surface area contributed by atoms with Crippen molar-refractivity contribution in [3.8, 4) is 5.75 Å². The smallest absolute Gasteiger partial charge is 0.142 e. The predicted octanol–water partition coefficient (Wildman–Crippen LogP) is 3.42. The molecule has 1 fully saturated rings. The van der Waals surface area contributed by atoms with Crippen LogP contribution in [0.5, 0.6) is 5.75 Å². The Bertz CT molecular complexity index is 417. The standard InChI is InChI=1S/C15H23BrN2O/c1-17-12-5-7-13(8-6-12)18(2)14-10-11(16)4-9-15(14)19-3/h4,9-10,12-13,17H,5-8H2,1-3H3. The van der Waals surface area contributed by atoms with Gasteiger partial charge in [0, 0.05) is 23.6 Å². The fraction of sp³-hybridized carbons (Fsp3) is 0.600. The topological polar surface area (TPSA) is 24.5 Å². The normalized spacial score (nSPS) is 23.2. The van der Waals surface area contributed by atoms with Crippen LogP contribution in [0.2, 0.25) is 0 Å². The van der Waals surface area contributed by atoms with Gasteiger partial charge in [-0.25, -0.2) is 0 Å². The van der Waals surface area contributed by atoms with Gasteiger partial charge < -0.3 is 15.0 Å². The lowest BCUT2D eigenvalue weighted by molar-refractivity contribution is 0.348. The van der Waals surface area contributed by atoms with E-state index in [1.54, 1.807) is 7.11 Å². The van der Waals surface area contributed by atoms with Gasteiger partial charge in [-0.15, -0.1) is 0 Å². The summed E-state index contributed by atoms with van der Waals surface area (Å²) in [6, 6.07) is 7.48. The highest BCUT2D eigenvalue weighted by Gasteiger charge is 2.24. The quantitative estimate of drug-likeness (QED) is 0.917. The van der Waals surface area contributed by atoms with E-state index >= 15 is 0 Å². The first kappa shape index (κ1) is 14.7. The Kier molecular flexibility index (Phi) is 5.11. The molecule has 0 aromatic heterocycles. The molecule has 3 nitrogen and oxygen atoms in total. The summed E-state index contributed by atoms with van der Waals surface area (Å²) in [7, 11) is 5.97. The van der Waals surface area contributed by atoms with E-state index in [0.29, 0.717) is 12.1 Å². The number of anilines is 1. The van der Waals surface area contributed by atoms with Gasteiger partial charge in [-0.05, 0) is 50.9 Å². The Labute approximate surface area is 124 Å². The van der Waals surface area contributed by atoms with Gasteiger partial charge in [-0.3, -0.25) is 0 Å². The molecule has 0 spiro atoms. The summed E-state index contributed by atoms with van der Waals surface area (Å²) >= 11 is 3.55. The minimum Gasteiger partial charge on any atom is -0.495 e. The number of ether oxygens (including phenoxy) is 1. The third-order valence-electron chi connectivity index (χ3n) is 4.17. The van der Waals surface area contributed by atoms with Crippen LogP contribution in [0.3, 0.4) is 0 Å². The maximum atomic E-state index is 5.48. The molecule has 0 heterocycles. The molecule has 0 unspecified atom stereocenters. The fourth-order valence-corrected chi connectivity index (χ4v) is 3.24. The van der Waals surface area contributed by atoms with E-state index in [2.05, 4.69) is 46.3 Å². The van der Waals surface area contributed by atoms with Crippen molar-refractivity contribution < 1.29 is 4.74 Å². The van der Waals surface area contributed by atoms with Gasteiger partial charge >= 0.3 is 0 Å². The van der Waals surface area contributed by atoms with Crippen LogP contribution in [0.4, 0.5) is 5.69 Å². The van der Waals surface area contributed by atoms with Gasteiger partial charge in [-0.2, -0.15) is 0 Å². The average molecular weight is 327 g/mol. The van der Waals surface area contributed by atoms with Crippen LogP contribution < -0.4 is 15.0 Å². The lowest BCUT2D eigenvalue weighted by Crippen LogP contribution is -2.40. The number of nitrogens with one attached hydrogen (secondary N) is 1. The van der Waals surface area contributed by atoms with Crippen molar-refractivity contribution in [1.29, 1.82) is 0 Å². The highest BCUT2D eigenvalue weighted by atomic mass is 79.9. The van der Waals surface area contributed by atoms with Crippen molar-refractivity contribution in [3.05, 3.63) is 22.7 Å². The lowest BCUT2D eigenvalue weighted by Gasteiger charge is -2.36. The van der Waals surface area contributed by atoms with E-state index in [1.165, 1.54) is 31.4 Å². The molecule has 1 aliphatic carbocycles. The van der Waals surface area contributed by atoms with Crippen LogP contribution in [0.1, 0.15) is 25.7 Å². The largest absolute Gasteiger partial charge is 0.495 e. The van der Waals surface area contributed by atoms with Gasteiger partial charge in [0.05, 0.1) is 12.8 Å². The third kappa shape index (κ3) is 3.42. The van der Waals surface area contributed by atoms with E-state index in [-0.39, 0.29) is 0 Å². The number of rotatable bonds is 4. The number of methoxy groups -OCH3 is 1. The molecule has 1 aliphatic rings. The molecule has 4 heteroatoms. The first-order valence-corrected chi connectivity index (χ1v) is 7.68. The summed E-state index contributed by atoms with van der Waals surface area (Å²) in [5, 5.41) is 3.38. The molecule has 0 atom stereocenters. The maximum Gasteiger partial charge on any atom is 0.142 e. The molecule has 19 heavy (non-hydrogen) atoms. The molecule has 0 saturated heterocycles. The zero-order valence-corrected chi connectivity index (χ0v) is 13.5. The second kappa shape index (κ2) is 6.62. The third-order valence-corrected chi connectivity index (χ3v) is 4.67. The Balaban J connectivity index is 2.11. The van der Waals surface area contributed by atoms with E-state index in [4.69, 9.17) is 4.74 Å². The molecule has 1 aromatic rings. The monoisotopic (exact) mass is 326 g/mol. The second-order valence-corrected chi connectivity index (χ2v) is 6.14. The van der Waals surface area contributed by atoms with Crippen molar-refractivity contribution in [2.24, 2.45) is 0 Å². The zero-order chi connectivity index (χ0) is 13.8. The zero-order valence-electron chi connectivity index (χ0n) is 11.9. The van der Waals surface area contributed by atoms with Crippen molar-refractivity contribution in [2.45, 2.75) is 37.8 Å². The summed E-state index contributed by atoms with van der Waals surface area (Å²) in [6.07, 6.45) is 4.97. The summed E-state index contributed by atoms with van der Waals surface area (Å²) < 4.78 is 6.58. The molecule has 1 N–H and O–H groups in total. The van der Waals surface area contributed by atoms with Crippen LogP contribution in [0.25, 0.3) is 0 Å². The molecule has 2 rings (SSSR count). The first-order chi connectivity index (χ1) is 9.15. The highest BCUT2D eigenvalue weighted by Crippen LogP contribution is 2.34. The molecule has 0 radical (unpaired) electrons. The Morgan fingerprint density at radius 3 is 2.53 bits per heavy atom. The fourth-order valence-electron chi connectivity index (χ4n) is 2.89. The molecule has 106 valence electrons. The van der Waals surface area contributed by atoms with Gasteiger partial charge in [-0.1, -0.05) is 15.9 Å². The Morgan fingerprint density at radius 1 is 1.26 bits per heavy atom. The van der Waals surface area contributed by atoms with Crippen molar-refractivity contribution in [3.63, 3.8) is 0 Å². The summed E-state index contributed by atoms with van der Waals surface area (Å²) in [5.41, 5.74) is 1.17. The Hall–Kier alpha value is -0.740. The van der Waals surface area contributed by atoms with E-state index < -0.39 is 0 Å². The number of hydrogen-bond donors (Lipinski definition) is 1. The first-order valence-electron chi connectivity index (χ1n) is 6.89. The maximum absolute atomic E-state index is 5.48. The molecular weight excluding hydrogens is 304 g/mol. The summed E-state index contributed by atoms with van der Waals surface area (Å²) in [4.78, 5) is 2.37. The minimum atomic E-state index is 0.604. The highest BCUT2D eigenvalue weighted by molar-refractivity contribution is 9.10. The van der Waals surface area contributed by atoms with Crippen LogP contribution in [0.15, 0.2) is 22.7 Å². The van der Waals surface area contributed by atoms with Gasteiger partial charge in [0.2, 0.25) is 0 Å². The van der Waals surface area contributed by atoms with Gasteiger partial charge in [0.1, 0.15) is 5.75 Å².